The van der Waals surface area contributed by atoms with E-state index in [4.69, 9.17) is 5.11 Å². The fourth-order valence-electron chi connectivity index (χ4n) is 2.52. The first-order valence-corrected chi connectivity index (χ1v) is 6.78. The number of carbonyl (C=O) groups is 2. The van der Waals surface area contributed by atoms with Gasteiger partial charge in [-0.05, 0) is 43.5 Å². The predicted molar refractivity (Wildman–Crippen MR) is 77.0 cm³/mol. The van der Waals surface area contributed by atoms with Gasteiger partial charge in [0.05, 0.1) is 5.92 Å². The Morgan fingerprint density at radius 2 is 1.85 bits per heavy atom. The van der Waals surface area contributed by atoms with E-state index < -0.39 is 5.97 Å². The summed E-state index contributed by atoms with van der Waals surface area (Å²) in [5, 5.41) is 11.9. The molecule has 1 aromatic carbocycles. The number of carboxylic acids is 1. The van der Waals surface area contributed by atoms with Crippen molar-refractivity contribution in [2.45, 2.75) is 25.3 Å². The molecule has 20 heavy (non-hydrogen) atoms. The summed E-state index contributed by atoms with van der Waals surface area (Å²) in [6.45, 7) is 0. The molecule has 2 N–H and O–H groups in total. The number of rotatable bonds is 4. The molecule has 0 bridgehead atoms. The molecule has 1 aromatic rings. The van der Waals surface area contributed by atoms with E-state index in [2.05, 4.69) is 5.32 Å². The zero-order valence-electron chi connectivity index (χ0n) is 11.8. The zero-order valence-corrected chi connectivity index (χ0v) is 11.8. The van der Waals surface area contributed by atoms with Crippen LogP contribution in [-0.4, -0.2) is 37.1 Å². The largest absolute Gasteiger partial charge is 0.481 e. The van der Waals surface area contributed by atoms with E-state index in [0.29, 0.717) is 18.4 Å². The number of amides is 1. The van der Waals surface area contributed by atoms with E-state index in [1.807, 2.05) is 31.1 Å². The second-order valence-electron chi connectivity index (χ2n) is 5.46. The Morgan fingerprint density at radius 3 is 2.35 bits per heavy atom. The summed E-state index contributed by atoms with van der Waals surface area (Å²) < 4.78 is 0. The molecular formula is C15H20N2O3. The molecule has 2 rings (SSSR count). The molecule has 2 unspecified atom stereocenters. The number of nitrogens with one attached hydrogen (secondary N) is 1. The summed E-state index contributed by atoms with van der Waals surface area (Å²) in [6.07, 6.45) is 1.90. The fraction of sp³-hybridized carbons (Fsp3) is 0.467. The van der Waals surface area contributed by atoms with Gasteiger partial charge in [-0.15, -0.1) is 0 Å². The van der Waals surface area contributed by atoms with Gasteiger partial charge < -0.3 is 15.3 Å². The first-order valence-electron chi connectivity index (χ1n) is 6.78. The molecule has 1 saturated carbocycles. The molecule has 1 amide bonds. The average Bonchev–Trinajstić information content (AvgIpc) is 2.87. The fourth-order valence-corrected chi connectivity index (χ4v) is 2.52. The quantitative estimate of drug-likeness (QED) is 0.878. The lowest BCUT2D eigenvalue weighted by Gasteiger charge is -2.14. The number of carbonyl (C=O) groups excluding carboxylic acids is 1. The topological polar surface area (TPSA) is 69.6 Å². The van der Waals surface area contributed by atoms with Crippen molar-refractivity contribution in [2.24, 2.45) is 5.92 Å². The summed E-state index contributed by atoms with van der Waals surface area (Å²) in [6, 6.07) is 7.33. The smallest absolute Gasteiger partial charge is 0.306 e. The molecule has 108 valence electrons. The standard InChI is InChI=1S/C15H20N2O3/c1-17(2)13-7-4-10(5-8-13)14(18)16-12-6-3-11(9-12)15(19)20/h4-5,7-8,11-12H,3,6,9H2,1-2H3,(H,16,18)(H,19,20). The Kier molecular flexibility index (Phi) is 4.27. The van der Waals surface area contributed by atoms with Crippen molar-refractivity contribution in [3.8, 4) is 0 Å². The van der Waals surface area contributed by atoms with Crippen LogP contribution in [0.15, 0.2) is 24.3 Å². The highest BCUT2D eigenvalue weighted by molar-refractivity contribution is 5.94. The molecule has 1 aliphatic carbocycles. The summed E-state index contributed by atoms with van der Waals surface area (Å²) >= 11 is 0. The molecule has 1 fully saturated rings. The van der Waals surface area contributed by atoms with Gasteiger partial charge in [-0.3, -0.25) is 9.59 Å². The van der Waals surface area contributed by atoms with Crippen LogP contribution < -0.4 is 10.2 Å². The number of benzene rings is 1. The van der Waals surface area contributed by atoms with Crippen LogP contribution in [0, 0.1) is 5.92 Å². The second-order valence-corrected chi connectivity index (χ2v) is 5.46. The number of aliphatic carboxylic acids is 1. The maximum absolute atomic E-state index is 12.1. The highest BCUT2D eigenvalue weighted by atomic mass is 16.4. The lowest BCUT2D eigenvalue weighted by atomic mass is 10.1. The Labute approximate surface area is 118 Å². The molecule has 0 radical (unpaired) electrons. The van der Waals surface area contributed by atoms with E-state index in [1.54, 1.807) is 12.1 Å². The van der Waals surface area contributed by atoms with Crippen LogP contribution in [0.1, 0.15) is 29.6 Å². The van der Waals surface area contributed by atoms with Gasteiger partial charge in [0.2, 0.25) is 0 Å². The van der Waals surface area contributed by atoms with Gasteiger partial charge in [0.15, 0.2) is 0 Å². The van der Waals surface area contributed by atoms with E-state index in [1.165, 1.54) is 0 Å². The van der Waals surface area contributed by atoms with Crippen LogP contribution in [0.2, 0.25) is 0 Å². The van der Waals surface area contributed by atoms with Gasteiger partial charge in [0, 0.05) is 31.4 Å². The molecule has 2 atom stereocenters. The summed E-state index contributed by atoms with van der Waals surface area (Å²) in [4.78, 5) is 24.9. The minimum absolute atomic E-state index is 0.0304. The van der Waals surface area contributed by atoms with Crippen molar-refractivity contribution >= 4 is 17.6 Å². The van der Waals surface area contributed by atoms with E-state index in [9.17, 15) is 9.59 Å². The molecular weight excluding hydrogens is 256 g/mol. The third-order valence-electron chi connectivity index (χ3n) is 3.76. The minimum Gasteiger partial charge on any atom is -0.481 e. The van der Waals surface area contributed by atoms with Crippen molar-refractivity contribution in [3.05, 3.63) is 29.8 Å². The molecule has 0 aromatic heterocycles. The Bertz CT molecular complexity index is 496. The van der Waals surface area contributed by atoms with Crippen molar-refractivity contribution < 1.29 is 14.7 Å². The number of hydrogen-bond acceptors (Lipinski definition) is 3. The zero-order chi connectivity index (χ0) is 14.7. The van der Waals surface area contributed by atoms with Crippen molar-refractivity contribution in [1.29, 1.82) is 0 Å². The molecule has 0 saturated heterocycles. The third kappa shape index (κ3) is 3.29. The number of nitrogens with zero attached hydrogens (tertiary/aromatic N) is 1. The van der Waals surface area contributed by atoms with Crippen molar-refractivity contribution in [1.82, 2.24) is 5.32 Å². The number of anilines is 1. The van der Waals surface area contributed by atoms with E-state index >= 15 is 0 Å². The molecule has 1 aliphatic rings. The van der Waals surface area contributed by atoms with Gasteiger partial charge in [-0.2, -0.15) is 0 Å². The summed E-state index contributed by atoms with van der Waals surface area (Å²) in [5.74, 6) is -1.22. The van der Waals surface area contributed by atoms with Gasteiger partial charge in [-0.1, -0.05) is 0 Å². The van der Waals surface area contributed by atoms with Crippen molar-refractivity contribution in [2.75, 3.05) is 19.0 Å². The molecule has 5 nitrogen and oxygen atoms in total. The highest BCUT2D eigenvalue weighted by Gasteiger charge is 2.30. The molecule has 0 aliphatic heterocycles. The molecule has 5 heteroatoms. The average molecular weight is 276 g/mol. The van der Waals surface area contributed by atoms with Crippen LogP contribution in [0.25, 0.3) is 0 Å². The number of carboxylic acid groups (broad SMARTS) is 1. The molecule has 0 spiro atoms. The Morgan fingerprint density at radius 1 is 1.20 bits per heavy atom. The van der Waals surface area contributed by atoms with Crippen LogP contribution in [0.4, 0.5) is 5.69 Å². The lowest BCUT2D eigenvalue weighted by Crippen LogP contribution is -2.33. The van der Waals surface area contributed by atoms with Gasteiger partial charge in [0.25, 0.3) is 5.91 Å². The second kappa shape index (κ2) is 5.94. The first kappa shape index (κ1) is 14.4. The first-order chi connectivity index (χ1) is 9.47. The Balaban J connectivity index is 1.94. The SMILES string of the molecule is CN(C)c1ccc(C(=O)NC2CCC(C(=O)O)C2)cc1. The third-order valence-corrected chi connectivity index (χ3v) is 3.76. The van der Waals surface area contributed by atoms with Gasteiger partial charge >= 0.3 is 5.97 Å². The van der Waals surface area contributed by atoms with E-state index in [-0.39, 0.29) is 17.9 Å². The number of hydrogen-bond donors (Lipinski definition) is 2. The maximum atomic E-state index is 12.1. The highest BCUT2D eigenvalue weighted by Crippen LogP contribution is 2.26. The van der Waals surface area contributed by atoms with Crippen LogP contribution >= 0.6 is 0 Å². The minimum atomic E-state index is -0.767. The van der Waals surface area contributed by atoms with Gasteiger partial charge in [0.1, 0.15) is 0 Å². The van der Waals surface area contributed by atoms with Gasteiger partial charge in [-0.25, -0.2) is 0 Å². The summed E-state index contributed by atoms with van der Waals surface area (Å²) in [7, 11) is 3.89. The normalized spacial score (nSPS) is 21.5. The van der Waals surface area contributed by atoms with Crippen LogP contribution in [0.3, 0.4) is 0 Å². The van der Waals surface area contributed by atoms with Crippen molar-refractivity contribution in [3.63, 3.8) is 0 Å². The maximum Gasteiger partial charge on any atom is 0.306 e. The van der Waals surface area contributed by atoms with E-state index in [0.717, 1.165) is 12.1 Å². The predicted octanol–water partition coefficient (Wildman–Crippen LogP) is 1.74. The molecule has 0 heterocycles. The Hall–Kier alpha value is -2.04. The van der Waals surface area contributed by atoms with Crippen LogP contribution in [-0.2, 0) is 4.79 Å². The monoisotopic (exact) mass is 276 g/mol. The summed E-state index contributed by atoms with van der Waals surface area (Å²) in [5.41, 5.74) is 1.64. The van der Waals surface area contributed by atoms with Crippen LogP contribution in [0.5, 0.6) is 0 Å². The lowest BCUT2D eigenvalue weighted by molar-refractivity contribution is -0.141.